The van der Waals surface area contributed by atoms with Crippen molar-refractivity contribution < 1.29 is 8.81 Å². The van der Waals surface area contributed by atoms with Crippen LogP contribution in [0, 0.1) is 5.82 Å². The minimum absolute atomic E-state index is 0.242. The van der Waals surface area contributed by atoms with Gasteiger partial charge in [-0.05, 0) is 31.6 Å². The minimum Gasteiger partial charge on any atom is -0.421 e. The Morgan fingerprint density at radius 2 is 2.11 bits per heavy atom. The Hall–Kier alpha value is -1.75. The molecule has 5 heteroatoms. The molecule has 18 heavy (non-hydrogen) atoms. The zero-order valence-electron chi connectivity index (χ0n) is 10.3. The van der Waals surface area contributed by atoms with Crippen molar-refractivity contribution in [1.82, 2.24) is 15.5 Å². The molecule has 2 aromatic rings. The number of aromatic nitrogens is 2. The lowest BCUT2D eigenvalue weighted by molar-refractivity contribution is 0.489. The third-order valence-electron chi connectivity index (χ3n) is 2.57. The number of rotatable bonds is 6. The van der Waals surface area contributed by atoms with E-state index in [1.54, 1.807) is 18.2 Å². The number of halogens is 1. The van der Waals surface area contributed by atoms with Crippen LogP contribution in [0.3, 0.4) is 0 Å². The zero-order chi connectivity index (χ0) is 12.8. The normalized spacial score (nSPS) is 10.8. The van der Waals surface area contributed by atoms with Gasteiger partial charge in [0.25, 0.3) is 5.89 Å². The summed E-state index contributed by atoms with van der Waals surface area (Å²) in [5.74, 6) is 0.443. The van der Waals surface area contributed by atoms with Crippen molar-refractivity contribution in [2.24, 2.45) is 0 Å². The standard InChI is InChI=1S/C13H16FN3O/c1-2-15-9-5-8-12-16-17-13(18-12)10-6-3-4-7-11(10)14/h3-4,6-7,15H,2,5,8-9H2,1H3. The average molecular weight is 249 g/mol. The summed E-state index contributed by atoms with van der Waals surface area (Å²) in [6.45, 7) is 3.92. The van der Waals surface area contributed by atoms with Gasteiger partial charge in [0.2, 0.25) is 5.89 Å². The first-order valence-electron chi connectivity index (χ1n) is 6.09. The van der Waals surface area contributed by atoms with E-state index in [1.807, 2.05) is 0 Å². The molecule has 1 aromatic heterocycles. The smallest absolute Gasteiger partial charge is 0.250 e. The predicted octanol–water partition coefficient (Wildman–Crippen LogP) is 2.42. The van der Waals surface area contributed by atoms with Crippen molar-refractivity contribution in [1.29, 1.82) is 0 Å². The van der Waals surface area contributed by atoms with E-state index in [4.69, 9.17) is 4.42 Å². The third-order valence-corrected chi connectivity index (χ3v) is 2.57. The summed E-state index contributed by atoms with van der Waals surface area (Å²) in [5, 5.41) is 11.0. The van der Waals surface area contributed by atoms with Crippen LogP contribution in [0.5, 0.6) is 0 Å². The van der Waals surface area contributed by atoms with Gasteiger partial charge in [-0.1, -0.05) is 19.1 Å². The number of aryl methyl sites for hydroxylation is 1. The molecule has 0 saturated heterocycles. The third kappa shape index (κ3) is 3.13. The first-order valence-corrected chi connectivity index (χ1v) is 6.09. The molecule has 96 valence electrons. The fourth-order valence-electron chi connectivity index (χ4n) is 1.64. The van der Waals surface area contributed by atoms with Crippen LogP contribution >= 0.6 is 0 Å². The molecule has 0 radical (unpaired) electrons. The molecule has 0 fully saturated rings. The predicted molar refractivity (Wildman–Crippen MR) is 66.6 cm³/mol. The maximum Gasteiger partial charge on any atom is 0.250 e. The van der Waals surface area contributed by atoms with Crippen LogP contribution in [0.25, 0.3) is 11.5 Å². The van der Waals surface area contributed by atoms with E-state index >= 15 is 0 Å². The van der Waals surface area contributed by atoms with Crippen LogP contribution in [0.15, 0.2) is 28.7 Å². The number of nitrogens with zero attached hydrogens (tertiary/aromatic N) is 2. The molecule has 4 nitrogen and oxygen atoms in total. The van der Waals surface area contributed by atoms with Gasteiger partial charge < -0.3 is 9.73 Å². The summed E-state index contributed by atoms with van der Waals surface area (Å²) in [6.07, 6.45) is 1.63. The van der Waals surface area contributed by atoms with Crippen molar-refractivity contribution >= 4 is 0 Å². The van der Waals surface area contributed by atoms with Crippen LogP contribution < -0.4 is 5.32 Å². The van der Waals surface area contributed by atoms with Crippen LogP contribution in [0.1, 0.15) is 19.2 Å². The van der Waals surface area contributed by atoms with Crippen molar-refractivity contribution in [2.75, 3.05) is 13.1 Å². The molecule has 0 aliphatic heterocycles. The van der Waals surface area contributed by atoms with Gasteiger partial charge in [0, 0.05) is 6.42 Å². The summed E-state index contributed by atoms with van der Waals surface area (Å²) in [7, 11) is 0. The van der Waals surface area contributed by atoms with Gasteiger partial charge in [0.1, 0.15) is 5.82 Å². The second kappa shape index (κ2) is 6.26. The summed E-state index contributed by atoms with van der Waals surface area (Å²) < 4.78 is 18.9. The molecule has 1 aromatic carbocycles. The summed E-state index contributed by atoms with van der Waals surface area (Å²) in [5.41, 5.74) is 0.350. The molecular formula is C13H16FN3O. The van der Waals surface area contributed by atoms with Crippen molar-refractivity contribution in [3.63, 3.8) is 0 Å². The van der Waals surface area contributed by atoms with E-state index in [0.717, 1.165) is 19.5 Å². The molecule has 0 atom stereocenters. The fraction of sp³-hybridized carbons (Fsp3) is 0.385. The molecule has 1 heterocycles. The van der Waals surface area contributed by atoms with Crippen LogP contribution in [0.2, 0.25) is 0 Å². The highest BCUT2D eigenvalue weighted by atomic mass is 19.1. The lowest BCUT2D eigenvalue weighted by Gasteiger charge is -1.98. The summed E-state index contributed by atoms with van der Waals surface area (Å²) in [6, 6.07) is 6.38. The van der Waals surface area contributed by atoms with Crippen LogP contribution in [-0.4, -0.2) is 23.3 Å². The fourth-order valence-corrected chi connectivity index (χ4v) is 1.64. The summed E-state index contributed by atoms with van der Waals surface area (Å²) >= 11 is 0. The number of hydrogen-bond acceptors (Lipinski definition) is 4. The van der Waals surface area contributed by atoms with Gasteiger partial charge in [-0.15, -0.1) is 10.2 Å². The molecule has 2 rings (SSSR count). The van der Waals surface area contributed by atoms with Gasteiger partial charge in [-0.2, -0.15) is 0 Å². The molecule has 0 saturated carbocycles. The SMILES string of the molecule is CCNCCCc1nnc(-c2ccccc2F)o1. The van der Waals surface area contributed by atoms with Crippen molar-refractivity contribution in [3.05, 3.63) is 36.0 Å². The van der Waals surface area contributed by atoms with Gasteiger partial charge in [0.15, 0.2) is 0 Å². The van der Waals surface area contributed by atoms with Crippen molar-refractivity contribution in [2.45, 2.75) is 19.8 Å². The Balaban J connectivity index is 2.00. The second-order valence-corrected chi connectivity index (χ2v) is 3.94. The maximum atomic E-state index is 13.5. The highest BCUT2D eigenvalue weighted by Gasteiger charge is 2.11. The lowest BCUT2D eigenvalue weighted by atomic mass is 10.2. The molecule has 0 aliphatic carbocycles. The van der Waals surface area contributed by atoms with E-state index in [9.17, 15) is 4.39 Å². The van der Waals surface area contributed by atoms with Gasteiger partial charge >= 0.3 is 0 Å². The van der Waals surface area contributed by atoms with E-state index in [0.29, 0.717) is 17.9 Å². The van der Waals surface area contributed by atoms with Crippen LogP contribution in [-0.2, 0) is 6.42 Å². The van der Waals surface area contributed by atoms with E-state index in [1.165, 1.54) is 6.07 Å². The second-order valence-electron chi connectivity index (χ2n) is 3.94. The maximum absolute atomic E-state index is 13.5. The number of benzene rings is 1. The molecule has 0 unspecified atom stereocenters. The molecule has 0 aliphatic rings. The molecule has 0 spiro atoms. The van der Waals surface area contributed by atoms with E-state index in [2.05, 4.69) is 22.4 Å². The van der Waals surface area contributed by atoms with Gasteiger partial charge in [0.05, 0.1) is 5.56 Å². The molecule has 0 bridgehead atoms. The Morgan fingerprint density at radius 1 is 1.28 bits per heavy atom. The Labute approximate surface area is 105 Å². The monoisotopic (exact) mass is 249 g/mol. The molecule has 1 N–H and O–H groups in total. The quantitative estimate of drug-likeness (QED) is 0.799. The topological polar surface area (TPSA) is 51.0 Å². The minimum atomic E-state index is -0.347. The highest BCUT2D eigenvalue weighted by Crippen LogP contribution is 2.21. The van der Waals surface area contributed by atoms with Crippen LogP contribution in [0.4, 0.5) is 4.39 Å². The largest absolute Gasteiger partial charge is 0.421 e. The van der Waals surface area contributed by atoms with Crippen molar-refractivity contribution in [3.8, 4) is 11.5 Å². The number of hydrogen-bond donors (Lipinski definition) is 1. The first kappa shape index (κ1) is 12.7. The van der Waals surface area contributed by atoms with E-state index in [-0.39, 0.29) is 11.7 Å². The zero-order valence-corrected chi connectivity index (χ0v) is 10.3. The Morgan fingerprint density at radius 3 is 2.89 bits per heavy atom. The highest BCUT2D eigenvalue weighted by molar-refractivity contribution is 5.53. The Kier molecular flexibility index (Phi) is 4.41. The first-order chi connectivity index (χ1) is 8.81. The Bertz CT molecular complexity index is 498. The molecule has 0 amide bonds. The van der Waals surface area contributed by atoms with E-state index < -0.39 is 0 Å². The average Bonchev–Trinajstić information content (AvgIpc) is 2.84. The molecular weight excluding hydrogens is 233 g/mol. The van der Waals surface area contributed by atoms with Gasteiger partial charge in [-0.25, -0.2) is 4.39 Å². The van der Waals surface area contributed by atoms with Gasteiger partial charge in [-0.3, -0.25) is 0 Å². The number of nitrogens with one attached hydrogen (secondary N) is 1. The lowest BCUT2D eigenvalue weighted by Crippen LogP contribution is -2.14. The summed E-state index contributed by atoms with van der Waals surface area (Å²) in [4.78, 5) is 0.